The molecular weight excluding hydrogens is 737 g/mol. The number of Topliss-reactive ketones (excluding diaryl/α,β-unsaturated/α-hetero) is 2. The fourth-order valence-corrected chi connectivity index (χ4v) is 6.85. The van der Waals surface area contributed by atoms with Gasteiger partial charge in [-0.15, -0.1) is 0 Å². The van der Waals surface area contributed by atoms with Gasteiger partial charge in [-0.25, -0.2) is 0 Å². The number of hydrogen-bond acceptors (Lipinski definition) is 14. The van der Waals surface area contributed by atoms with Crippen LogP contribution in [0.5, 0.6) is 0 Å². The molecule has 4 atom stereocenters. The number of carboxylic acid groups (broad SMARTS) is 3. The molecule has 56 heavy (non-hydrogen) atoms. The Kier molecular flexibility index (Phi) is 20.6. The van der Waals surface area contributed by atoms with E-state index in [2.05, 4.69) is 10.6 Å². The lowest BCUT2D eigenvalue weighted by Gasteiger charge is -2.33. The van der Waals surface area contributed by atoms with E-state index in [9.17, 15) is 63.7 Å². The number of likely N-dealkylation sites (tertiary alicyclic amines) is 1. The third-order valence-corrected chi connectivity index (χ3v) is 10.1. The second kappa shape index (κ2) is 23.9. The van der Waals surface area contributed by atoms with E-state index in [1.807, 2.05) is 0 Å². The predicted octanol–water partition coefficient (Wildman–Crippen LogP) is -3.09. The van der Waals surface area contributed by atoms with Crippen LogP contribution in [0.3, 0.4) is 0 Å². The van der Waals surface area contributed by atoms with Gasteiger partial charge < -0.3 is 40.9 Å². The summed E-state index contributed by atoms with van der Waals surface area (Å²) in [6.45, 7) is 7.33. The van der Waals surface area contributed by atoms with Crippen molar-refractivity contribution in [3.63, 3.8) is 0 Å². The number of rotatable bonds is 20. The Labute approximate surface area is 327 Å². The third kappa shape index (κ3) is 17.4. The maximum Gasteiger partial charge on any atom is 0.475 e. The first-order valence-electron chi connectivity index (χ1n) is 19.1. The molecule has 0 unspecified atom stereocenters. The van der Waals surface area contributed by atoms with Crippen molar-refractivity contribution < 1.29 is 63.7 Å². The van der Waals surface area contributed by atoms with Gasteiger partial charge >= 0.3 is 25.0 Å². The topological polar surface area (TPSA) is 278 Å². The molecule has 2 aliphatic rings. The van der Waals surface area contributed by atoms with Crippen molar-refractivity contribution in [1.29, 1.82) is 0 Å². The molecule has 0 spiro atoms. The zero-order valence-electron chi connectivity index (χ0n) is 32.9. The van der Waals surface area contributed by atoms with Crippen molar-refractivity contribution in [1.82, 2.24) is 35.1 Å². The van der Waals surface area contributed by atoms with E-state index >= 15 is 0 Å². The van der Waals surface area contributed by atoms with Crippen LogP contribution in [-0.2, 0) is 38.4 Å². The summed E-state index contributed by atoms with van der Waals surface area (Å²) < 4.78 is 0. The van der Waals surface area contributed by atoms with Crippen LogP contribution in [0.1, 0.15) is 53.4 Å². The van der Waals surface area contributed by atoms with E-state index in [1.165, 1.54) is 18.7 Å². The molecule has 0 bridgehead atoms. The Morgan fingerprint density at radius 2 is 1.07 bits per heavy atom. The van der Waals surface area contributed by atoms with Crippen molar-refractivity contribution in [2.24, 2.45) is 17.8 Å². The zero-order chi connectivity index (χ0) is 42.1. The first-order chi connectivity index (χ1) is 26.3. The van der Waals surface area contributed by atoms with E-state index < -0.39 is 72.3 Å². The SMILES string of the molecule is CC(C)[C@H](CC(=O)CNC(=O)[C@H](C)CC(=O)CN1CCN(CC(=O)O)CCN(CC(=O)O)CCN(CC(=O)O)CC1)C(=O)N[C@H](C)C(=O)N1CCC[C@H]1B(O)O. The van der Waals surface area contributed by atoms with E-state index in [1.54, 1.807) is 33.4 Å². The summed E-state index contributed by atoms with van der Waals surface area (Å²) >= 11 is 0. The largest absolute Gasteiger partial charge is 0.480 e. The van der Waals surface area contributed by atoms with Crippen molar-refractivity contribution in [2.45, 2.75) is 65.4 Å². The van der Waals surface area contributed by atoms with Crippen molar-refractivity contribution in [2.75, 3.05) is 91.6 Å². The lowest BCUT2D eigenvalue weighted by Crippen LogP contribution is -2.53. The average molecular weight is 798 g/mol. The Bertz CT molecular complexity index is 1350. The van der Waals surface area contributed by atoms with Crippen LogP contribution in [0.15, 0.2) is 0 Å². The minimum absolute atomic E-state index is 0.103. The Morgan fingerprint density at radius 1 is 0.625 bits per heavy atom. The number of carbonyl (C=O) groups is 8. The van der Waals surface area contributed by atoms with Gasteiger partial charge in [-0.05, 0) is 25.7 Å². The zero-order valence-corrected chi connectivity index (χ0v) is 32.9. The monoisotopic (exact) mass is 797 g/mol. The molecule has 21 heteroatoms. The molecule has 7 N–H and O–H groups in total. The highest BCUT2D eigenvalue weighted by Gasteiger charge is 2.39. The van der Waals surface area contributed by atoms with Crippen LogP contribution in [0.25, 0.3) is 0 Å². The summed E-state index contributed by atoms with van der Waals surface area (Å²) in [7, 11) is -1.70. The molecule has 0 aromatic heterocycles. The van der Waals surface area contributed by atoms with Crippen LogP contribution in [0, 0.1) is 17.8 Å². The molecule has 2 saturated heterocycles. The van der Waals surface area contributed by atoms with E-state index in [0.717, 1.165) is 0 Å². The summed E-state index contributed by atoms with van der Waals surface area (Å²) in [5.41, 5.74) is 0. The maximum atomic E-state index is 13.2. The fourth-order valence-electron chi connectivity index (χ4n) is 6.85. The van der Waals surface area contributed by atoms with Gasteiger partial charge in [0, 0.05) is 83.6 Å². The molecule has 20 nitrogen and oxygen atoms in total. The van der Waals surface area contributed by atoms with Crippen LogP contribution in [0.2, 0.25) is 0 Å². The van der Waals surface area contributed by atoms with Crippen LogP contribution in [-0.4, -0.2) is 208 Å². The Balaban J connectivity index is 1.96. The summed E-state index contributed by atoms with van der Waals surface area (Å²) in [4.78, 5) is 108. The fraction of sp³-hybridized carbons (Fsp3) is 0.771. The lowest BCUT2D eigenvalue weighted by molar-refractivity contribution is -0.140. The van der Waals surface area contributed by atoms with Crippen molar-refractivity contribution in [3.8, 4) is 0 Å². The molecule has 2 fully saturated rings. The number of aliphatic carboxylic acids is 3. The summed E-state index contributed by atoms with van der Waals surface area (Å²) in [5, 5.41) is 52.6. The second-order valence-electron chi connectivity index (χ2n) is 15.1. The smallest absolute Gasteiger partial charge is 0.475 e. The highest BCUT2D eigenvalue weighted by molar-refractivity contribution is 6.43. The number of hydrogen-bond donors (Lipinski definition) is 7. The summed E-state index contributed by atoms with van der Waals surface area (Å²) in [6, 6.07) is -0.971. The van der Waals surface area contributed by atoms with E-state index in [4.69, 9.17) is 0 Å². The predicted molar refractivity (Wildman–Crippen MR) is 201 cm³/mol. The van der Waals surface area contributed by atoms with Gasteiger partial charge in [-0.2, -0.15) is 0 Å². The molecule has 3 amide bonds. The standard InChI is InChI=1S/C35H60BN7O13/c1-23(2)28(34(53)38-25(4)35(54)43-7-5-6-29(43)36(55)56)17-26(44)18-37-33(52)24(3)16-27(45)19-39-8-10-40(20-30(46)47)12-14-42(22-32(50)51)15-13-41(11-9-39)21-31(48)49/h23-25,28-29,55-56H,5-22H2,1-4H3,(H,37,52)(H,38,53)(H,46,47)(H,48,49)(H,50,51)/t24-,25-,28+,29+/m1/s1. The Hall–Kier alpha value is -4.02. The minimum Gasteiger partial charge on any atom is -0.480 e. The molecule has 0 saturated carbocycles. The molecule has 0 aliphatic carbocycles. The Morgan fingerprint density at radius 3 is 1.48 bits per heavy atom. The number of carbonyl (C=O) groups excluding carboxylic acids is 5. The molecule has 2 rings (SSSR count). The van der Waals surface area contributed by atoms with Gasteiger partial charge in [0.15, 0.2) is 5.78 Å². The highest BCUT2D eigenvalue weighted by atomic mass is 16.4. The van der Waals surface area contributed by atoms with Crippen LogP contribution < -0.4 is 10.6 Å². The molecule has 0 aromatic carbocycles. The number of nitrogens with one attached hydrogen (secondary N) is 2. The first kappa shape index (κ1) is 48.1. The van der Waals surface area contributed by atoms with Crippen LogP contribution >= 0.6 is 0 Å². The number of carboxylic acids is 3. The summed E-state index contributed by atoms with van der Waals surface area (Å²) in [6.07, 6.45) is 0.627. The second-order valence-corrected chi connectivity index (χ2v) is 15.1. The van der Waals surface area contributed by atoms with Crippen LogP contribution in [0.4, 0.5) is 0 Å². The van der Waals surface area contributed by atoms with Gasteiger partial charge in [0.2, 0.25) is 17.7 Å². The van der Waals surface area contributed by atoms with Gasteiger partial charge in [-0.3, -0.25) is 58.0 Å². The highest BCUT2D eigenvalue weighted by Crippen LogP contribution is 2.20. The van der Waals surface area contributed by atoms with Gasteiger partial charge in [0.05, 0.1) is 38.7 Å². The number of nitrogens with zero attached hydrogens (tertiary/aromatic N) is 5. The number of amides is 3. The van der Waals surface area contributed by atoms with Crippen molar-refractivity contribution in [3.05, 3.63) is 0 Å². The normalized spacial score (nSPS) is 19.9. The third-order valence-electron chi connectivity index (χ3n) is 10.1. The first-order valence-corrected chi connectivity index (χ1v) is 19.1. The summed E-state index contributed by atoms with van der Waals surface area (Å²) in [5.74, 6) is -8.18. The maximum absolute atomic E-state index is 13.2. The van der Waals surface area contributed by atoms with E-state index in [0.29, 0.717) is 19.4 Å². The molecule has 0 radical (unpaired) electrons. The minimum atomic E-state index is -1.70. The van der Waals surface area contributed by atoms with Gasteiger partial charge in [0.25, 0.3) is 0 Å². The lowest BCUT2D eigenvalue weighted by atomic mass is 9.78. The molecule has 0 aromatic rings. The molecule has 2 aliphatic heterocycles. The van der Waals surface area contributed by atoms with Gasteiger partial charge in [-0.1, -0.05) is 20.8 Å². The molecule has 2 heterocycles. The molecule has 316 valence electrons. The van der Waals surface area contributed by atoms with Gasteiger partial charge in [0.1, 0.15) is 11.8 Å². The van der Waals surface area contributed by atoms with Crippen molar-refractivity contribution >= 4 is 54.3 Å². The molecular formula is C35H60BN7O13. The quantitative estimate of drug-likeness (QED) is 0.0602. The van der Waals surface area contributed by atoms with E-state index in [-0.39, 0.29) is 110 Å². The average Bonchev–Trinajstić information content (AvgIpc) is 3.60. The number of ketones is 2.